The highest BCUT2D eigenvalue weighted by Crippen LogP contribution is 2.37. The van der Waals surface area contributed by atoms with Crippen molar-refractivity contribution in [3.63, 3.8) is 0 Å². The zero-order chi connectivity index (χ0) is 18.9. The van der Waals surface area contributed by atoms with E-state index in [1.807, 2.05) is 30.5 Å². The number of nitrogens with zero attached hydrogens (tertiary/aromatic N) is 2. The van der Waals surface area contributed by atoms with E-state index in [-0.39, 0.29) is 12.0 Å². The predicted molar refractivity (Wildman–Crippen MR) is 108 cm³/mol. The van der Waals surface area contributed by atoms with Gasteiger partial charge in [0, 0.05) is 36.7 Å². The SMILES string of the molecule is O=C(c1ccc(OC2CCOCC2)cc1)N(C1CC1)C1CCC2=C(C=NC2)C1. The van der Waals surface area contributed by atoms with E-state index in [0.29, 0.717) is 12.1 Å². The van der Waals surface area contributed by atoms with Crippen LogP contribution in [0.4, 0.5) is 0 Å². The van der Waals surface area contributed by atoms with Crippen LogP contribution in [0.2, 0.25) is 0 Å². The van der Waals surface area contributed by atoms with Crippen molar-refractivity contribution in [2.24, 2.45) is 4.99 Å². The fourth-order valence-electron chi connectivity index (χ4n) is 4.62. The number of aliphatic imine (C=N–C) groups is 1. The number of carbonyl (C=O) groups is 1. The molecule has 1 saturated carbocycles. The van der Waals surface area contributed by atoms with E-state index >= 15 is 0 Å². The largest absolute Gasteiger partial charge is 0.490 e. The standard InChI is InChI=1S/C23H28N2O3/c26-23(16-2-7-21(8-3-16)28-22-9-11-27-12-10-22)25(19-5-6-19)20-4-1-17-14-24-15-18(17)13-20/h2-3,7-8,15,19-20,22H,1,4-6,9-14H2. The van der Waals surface area contributed by atoms with Gasteiger partial charge in [0.05, 0.1) is 19.8 Å². The minimum absolute atomic E-state index is 0.170. The van der Waals surface area contributed by atoms with E-state index in [1.165, 1.54) is 11.1 Å². The highest BCUT2D eigenvalue weighted by molar-refractivity contribution is 5.95. The van der Waals surface area contributed by atoms with Gasteiger partial charge in [-0.05, 0) is 67.5 Å². The molecule has 0 N–H and O–H groups in total. The van der Waals surface area contributed by atoms with Gasteiger partial charge < -0.3 is 14.4 Å². The second kappa shape index (κ2) is 7.70. The van der Waals surface area contributed by atoms with Gasteiger partial charge in [-0.3, -0.25) is 9.79 Å². The summed E-state index contributed by atoms with van der Waals surface area (Å²) in [5.74, 6) is 1.01. The summed E-state index contributed by atoms with van der Waals surface area (Å²) < 4.78 is 11.4. The molecule has 5 heteroatoms. The quantitative estimate of drug-likeness (QED) is 0.781. The average molecular weight is 380 g/mol. The van der Waals surface area contributed by atoms with Crippen molar-refractivity contribution < 1.29 is 14.3 Å². The molecule has 2 aliphatic carbocycles. The zero-order valence-electron chi connectivity index (χ0n) is 16.3. The Morgan fingerprint density at radius 2 is 1.82 bits per heavy atom. The summed E-state index contributed by atoms with van der Waals surface area (Å²) >= 11 is 0. The second-order valence-corrected chi connectivity index (χ2v) is 8.39. The lowest BCUT2D eigenvalue weighted by atomic mass is 9.88. The van der Waals surface area contributed by atoms with Crippen molar-refractivity contribution in [3.05, 3.63) is 41.0 Å². The third-order valence-electron chi connectivity index (χ3n) is 6.36. The van der Waals surface area contributed by atoms with Crippen molar-refractivity contribution in [2.75, 3.05) is 19.8 Å². The summed E-state index contributed by atoms with van der Waals surface area (Å²) in [6, 6.07) is 8.46. The van der Waals surface area contributed by atoms with Gasteiger partial charge in [0.1, 0.15) is 11.9 Å². The first kappa shape index (κ1) is 17.9. The molecule has 2 heterocycles. The van der Waals surface area contributed by atoms with Crippen LogP contribution >= 0.6 is 0 Å². The first-order valence-electron chi connectivity index (χ1n) is 10.7. The van der Waals surface area contributed by atoms with E-state index < -0.39 is 0 Å². The molecule has 1 amide bonds. The molecule has 5 nitrogen and oxygen atoms in total. The van der Waals surface area contributed by atoms with Crippen molar-refractivity contribution in [1.82, 2.24) is 4.90 Å². The first-order chi connectivity index (χ1) is 13.8. The molecule has 5 rings (SSSR count). The maximum absolute atomic E-state index is 13.3. The minimum atomic E-state index is 0.170. The Hall–Kier alpha value is -2.14. The van der Waals surface area contributed by atoms with Crippen LogP contribution in [-0.2, 0) is 4.74 Å². The van der Waals surface area contributed by atoms with Gasteiger partial charge in [-0.2, -0.15) is 0 Å². The topological polar surface area (TPSA) is 51.1 Å². The highest BCUT2D eigenvalue weighted by Gasteiger charge is 2.39. The molecule has 0 spiro atoms. The Labute approximate surface area is 166 Å². The van der Waals surface area contributed by atoms with Gasteiger partial charge in [-0.25, -0.2) is 0 Å². The number of hydrogen-bond donors (Lipinski definition) is 0. The van der Waals surface area contributed by atoms with Crippen LogP contribution in [0.15, 0.2) is 40.4 Å². The number of amides is 1. The Balaban J connectivity index is 1.27. The first-order valence-corrected chi connectivity index (χ1v) is 10.7. The Kier molecular flexibility index (Phi) is 4.93. The minimum Gasteiger partial charge on any atom is -0.490 e. The fourth-order valence-corrected chi connectivity index (χ4v) is 4.62. The molecule has 2 aliphatic heterocycles. The molecule has 1 aromatic rings. The summed E-state index contributed by atoms with van der Waals surface area (Å²) in [7, 11) is 0. The maximum atomic E-state index is 13.3. The van der Waals surface area contributed by atoms with Crippen molar-refractivity contribution in [2.45, 2.75) is 63.1 Å². The molecular formula is C23H28N2O3. The van der Waals surface area contributed by atoms with Gasteiger partial charge in [0.25, 0.3) is 5.91 Å². The molecule has 0 radical (unpaired) electrons. The number of hydrogen-bond acceptors (Lipinski definition) is 4. The van der Waals surface area contributed by atoms with Crippen molar-refractivity contribution in [1.29, 1.82) is 0 Å². The van der Waals surface area contributed by atoms with Crippen LogP contribution < -0.4 is 4.74 Å². The summed E-state index contributed by atoms with van der Waals surface area (Å²) in [4.78, 5) is 19.9. The van der Waals surface area contributed by atoms with Gasteiger partial charge in [-0.15, -0.1) is 0 Å². The Morgan fingerprint density at radius 1 is 1.04 bits per heavy atom. The van der Waals surface area contributed by atoms with E-state index in [2.05, 4.69) is 9.89 Å². The lowest BCUT2D eigenvalue weighted by Crippen LogP contribution is -2.43. The van der Waals surface area contributed by atoms with Gasteiger partial charge >= 0.3 is 0 Å². The van der Waals surface area contributed by atoms with Crippen LogP contribution in [0, 0.1) is 0 Å². The predicted octanol–water partition coefficient (Wildman–Crippen LogP) is 3.78. The van der Waals surface area contributed by atoms with E-state index in [9.17, 15) is 4.79 Å². The molecule has 148 valence electrons. The van der Waals surface area contributed by atoms with Crippen LogP contribution in [0.5, 0.6) is 5.75 Å². The van der Waals surface area contributed by atoms with Gasteiger partial charge in [-0.1, -0.05) is 0 Å². The number of carbonyl (C=O) groups excluding carboxylic acids is 1. The molecule has 0 aromatic heterocycles. The molecule has 28 heavy (non-hydrogen) atoms. The zero-order valence-corrected chi connectivity index (χ0v) is 16.3. The van der Waals surface area contributed by atoms with Crippen LogP contribution in [0.3, 0.4) is 0 Å². The lowest BCUT2D eigenvalue weighted by Gasteiger charge is -2.35. The lowest BCUT2D eigenvalue weighted by molar-refractivity contribution is 0.0255. The number of ether oxygens (including phenoxy) is 2. The third kappa shape index (κ3) is 3.72. The van der Waals surface area contributed by atoms with Gasteiger partial charge in [0.15, 0.2) is 0 Å². The maximum Gasteiger partial charge on any atom is 0.254 e. The molecular weight excluding hydrogens is 352 g/mol. The highest BCUT2D eigenvalue weighted by atomic mass is 16.5. The average Bonchev–Trinajstić information content (AvgIpc) is 3.45. The van der Waals surface area contributed by atoms with Crippen LogP contribution in [0.1, 0.15) is 55.3 Å². The summed E-state index contributed by atoms with van der Waals surface area (Å²) in [5, 5.41) is 0. The number of rotatable bonds is 5. The van der Waals surface area contributed by atoms with Crippen molar-refractivity contribution >= 4 is 12.1 Å². The Morgan fingerprint density at radius 3 is 2.57 bits per heavy atom. The number of benzene rings is 1. The molecule has 2 fully saturated rings. The normalized spacial score (nSPS) is 24.9. The second-order valence-electron chi connectivity index (χ2n) is 8.39. The van der Waals surface area contributed by atoms with Crippen molar-refractivity contribution in [3.8, 4) is 5.75 Å². The van der Waals surface area contributed by atoms with E-state index in [4.69, 9.17) is 9.47 Å². The summed E-state index contributed by atoms with van der Waals surface area (Å²) in [6.07, 6.45) is 9.48. The van der Waals surface area contributed by atoms with Gasteiger partial charge in [0.2, 0.25) is 0 Å². The molecule has 4 aliphatic rings. The van der Waals surface area contributed by atoms with Crippen LogP contribution in [0.25, 0.3) is 0 Å². The van der Waals surface area contributed by atoms with E-state index in [0.717, 1.165) is 76.0 Å². The monoisotopic (exact) mass is 380 g/mol. The molecule has 1 aromatic carbocycles. The summed E-state index contributed by atoms with van der Waals surface area (Å²) in [6.45, 7) is 2.40. The van der Waals surface area contributed by atoms with Crippen LogP contribution in [-0.4, -0.2) is 55.0 Å². The van der Waals surface area contributed by atoms with E-state index in [1.54, 1.807) is 0 Å². The smallest absolute Gasteiger partial charge is 0.254 e. The molecule has 0 bridgehead atoms. The molecule has 1 atom stereocenters. The Bertz CT molecular complexity index is 789. The summed E-state index contributed by atoms with van der Waals surface area (Å²) in [5.41, 5.74) is 3.62. The third-order valence-corrected chi connectivity index (χ3v) is 6.36. The molecule has 1 saturated heterocycles. The molecule has 1 unspecified atom stereocenters. The fraction of sp³-hybridized carbons (Fsp3) is 0.565.